The lowest BCUT2D eigenvalue weighted by atomic mass is 9.99. The van der Waals surface area contributed by atoms with Crippen molar-refractivity contribution in [1.82, 2.24) is 0 Å². The molecule has 108 valence electrons. The SMILES string of the molecule is COc1ccccc1CC(N)Cc1csc2ccccc12. The fourth-order valence-electron chi connectivity index (χ4n) is 2.70. The molecular formula is C18H19NOS. The first-order valence-electron chi connectivity index (χ1n) is 7.10. The van der Waals surface area contributed by atoms with Gasteiger partial charge in [-0.15, -0.1) is 11.3 Å². The van der Waals surface area contributed by atoms with Gasteiger partial charge in [0.25, 0.3) is 0 Å². The Morgan fingerprint density at radius 2 is 1.71 bits per heavy atom. The van der Waals surface area contributed by atoms with Crippen molar-refractivity contribution in [3.05, 3.63) is 65.0 Å². The highest BCUT2D eigenvalue weighted by molar-refractivity contribution is 7.17. The topological polar surface area (TPSA) is 35.2 Å². The number of methoxy groups -OCH3 is 1. The molecule has 0 bridgehead atoms. The van der Waals surface area contributed by atoms with Gasteiger partial charge in [0, 0.05) is 10.7 Å². The van der Waals surface area contributed by atoms with Crippen LogP contribution < -0.4 is 10.5 Å². The van der Waals surface area contributed by atoms with Gasteiger partial charge in [0.05, 0.1) is 7.11 Å². The van der Waals surface area contributed by atoms with Crippen molar-refractivity contribution >= 4 is 21.4 Å². The van der Waals surface area contributed by atoms with Gasteiger partial charge in [0.2, 0.25) is 0 Å². The highest BCUT2D eigenvalue weighted by Gasteiger charge is 2.11. The van der Waals surface area contributed by atoms with E-state index in [-0.39, 0.29) is 6.04 Å². The summed E-state index contributed by atoms with van der Waals surface area (Å²) in [5.74, 6) is 0.920. The third kappa shape index (κ3) is 3.09. The summed E-state index contributed by atoms with van der Waals surface area (Å²) >= 11 is 1.79. The summed E-state index contributed by atoms with van der Waals surface area (Å²) in [6, 6.07) is 16.7. The monoisotopic (exact) mass is 297 g/mol. The molecule has 2 aromatic carbocycles. The van der Waals surface area contributed by atoms with Crippen LogP contribution >= 0.6 is 11.3 Å². The maximum absolute atomic E-state index is 6.36. The molecule has 2 nitrogen and oxygen atoms in total. The van der Waals surface area contributed by atoms with E-state index in [1.54, 1.807) is 18.4 Å². The molecule has 0 saturated heterocycles. The molecule has 0 aliphatic carbocycles. The Kier molecular flexibility index (Phi) is 4.23. The van der Waals surface area contributed by atoms with E-state index in [9.17, 15) is 0 Å². The summed E-state index contributed by atoms with van der Waals surface area (Å²) < 4.78 is 6.73. The van der Waals surface area contributed by atoms with Gasteiger partial charge in [-0.2, -0.15) is 0 Å². The van der Waals surface area contributed by atoms with Crippen LogP contribution in [-0.4, -0.2) is 13.2 Å². The van der Waals surface area contributed by atoms with Gasteiger partial charge in [0.15, 0.2) is 0 Å². The van der Waals surface area contributed by atoms with Crippen LogP contribution in [0, 0.1) is 0 Å². The number of nitrogens with two attached hydrogens (primary N) is 1. The van der Waals surface area contributed by atoms with Crippen LogP contribution in [0.25, 0.3) is 10.1 Å². The predicted molar refractivity (Wildman–Crippen MR) is 90.2 cm³/mol. The van der Waals surface area contributed by atoms with E-state index < -0.39 is 0 Å². The second-order valence-electron chi connectivity index (χ2n) is 5.24. The summed E-state index contributed by atoms with van der Waals surface area (Å²) in [7, 11) is 1.71. The Bertz CT molecular complexity index is 735. The normalized spacial score (nSPS) is 12.5. The van der Waals surface area contributed by atoms with E-state index in [4.69, 9.17) is 10.5 Å². The zero-order valence-electron chi connectivity index (χ0n) is 12.1. The molecule has 0 aliphatic heterocycles. The molecule has 0 spiro atoms. The Morgan fingerprint density at radius 3 is 2.57 bits per heavy atom. The van der Waals surface area contributed by atoms with Crippen LogP contribution in [0.4, 0.5) is 0 Å². The van der Waals surface area contributed by atoms with E-state index in [0.717, 1.165) is 18.6 Å². The molecule has 1 unspecified atom stereocenters. The van der Waals surface area contributed by atoms with Crippen LogP contribution in [0.2, 0.25) is 0 Å². The minimum Gasteiger partial charge on any atom is -0.496 e. The number of para-hydroxylation sites is 1. The first-order chi connectivity index (χ1) is 10.3. The van der Waals surface area contributed by atoms with Gasteiger partial charge >= 0.3 is 0 Å². The maximum atomic E-state index is 6.36. The number of rotatable bonds is 5. The Labute approximate surface area is 129 Å². The van der Waals surface area contributed by atoms with Crippen molar-refractivity contribution in [2.24, 2.45) is 5.73 Å². The molecule has 1 heterocycles. The molecule has 0 radical (unpaired) electrons. The maximum Gasteiger partial charge on any atom is 0.122 e. The number of hydrogen-bond acceptors (Lipinski definition) is 3. The first-order valence-corrected chi connectivity index (χ1v) is 7.98. The zero-order valence-corrected chi connectivity index (χ0v) is 12.9. The smallest absolute Gasteiger partial charge is 0.122 e. The number of fused-ring (bicyclic) bond motifs is 1. The quantitative estimate of drug-likeness (QED) is 0.772. The van der Waals surface area contributed by atoms with Gasteiger partial charge in [0.1, 0.15) is 5.75 Å². The van der Waals surface area contributed by atoms with Gasteiger partial charge < -0.3 is 10.5 Å². The summed E-state index contributed by atoms with van der Waals surface area (Å²) in [5, 5.41) is 3.56. The van der Waals surface area contributed by atoms with Crippen molar-refractivity contribution in [2.45, 2.75) is 18.9 Å². The molecule has 0 fully saturated rings. The minimum absolute atomic E-state index is 0.0966. The lowest BCUT2D eigenvalue weighted by molar-refractivity contribution is 0.408. The fraction of sp³-hybridized carbons (Fsp3) is 0.222. The van der Waals surface area contributed by atoms with E-state index in [1.807, 2.05) is 18.2 Å². The number of benzene rings is 2. The van der Waals surface area contributed by atoms with Crippen molar-refractivity contribution in [2.75, 3.05) is 7.11 Å². The summed E-state index contributed by atoms with van der Waals surface area (Å²) in [6.45, 7) is 0. The average molecular weight is 297 g/mol. The average Bonchev–Trinajstić information content (AvgIpc) is 2.91. The largest absolute Gasteiger partial charge is 0.496 e. The first kappa shape index (κ1) is 14.1. The van der Waals surface area contributed by atoms with Crippen LogP contribution in [0.1, 0.15) is 11.1 Å². The minimum atomic E-state index is 0.0966. The van der Waals surface area contributed by atoms with E-state index in [2.05, 4.69) is 35.7 Å². The van der Waals surface area contributed by atoms with Gasteiger partial charge in [-0.3, -0.25) is 0 Å². The van der Waals surface area contributed by atoms with Crippen molar-refractivity contribution in [3.8, 4) is 5.75 Å². The van der Waals surface area contributed by atoms with Gasteiger partial charge in [-0.25, -0.2) is 0 Å². The number of ether oxygens (including phenoxy) is 1. The summed E-state index contributed by atoms with van der Waals surface area (Å²) in [5.41, 5.74) is 8.88. The number of hydrogen-bond donors (Lipinski definition) is 1. The predicted octanol–water partition coefficient (Wildman–Crippen LogP) is 4.02. The molecule has 2 N–H and O–H groups in total. The van der Waals surface area contributed by atoms with Crippen LogP contribution in [0.15, 0.2) is 53.9 Å². The van der Waals surface area contributed by atoms with Gasteiger partial charge in [-0.1, -0.05) is 36.4 Å². The van der Waals surface area contributed by atoms with E-state index in [1.165, 1.54) is 21.2 Å². The molecule has 3 rings (SSSR count). The summed E-state index contributed by atoms with van der Waals surface area (Å²) in [6.07, 6.45) is 1.72. The molecule has 1 atom stereocenters. The van der Waals surface area contributed by atoms with Crippen molar-refractivity contribution in [3.63, 3.8) is 0 Å². The molecule has 21 heavy (non-hydrogen) atoms. The van der Waals surface area contributed by atoms with Crippen LogP contribution in [-0.2, 0) is 12.8 Å². The molecule has 3 heteroatoms. The standard InChI is InChI=1S/C18H19NOS/c1-20-17-8-4-2-6-13(17)10-15(19)11-14-12-21-18-9-5-3-7-16(14)18/h2-9,12,15H,10-11,19H2,1H3. The molecule has 1 aromatic heterocycles. The molecule has 3 aromatic rings. The number of thiophene rings is 1. The van der Waals surface area contributed by atoms with E-state index in [0.29, 0.717) is 0 Å². The van der Waals surface area contributed by atoms with Gasteiger partial charge in [-0.05, 0) is 46.9 Å². The van der Waals surface area contributed by atoms with Crippen LogP contribution in [0.5, 0.6) is 5.75 Å². The Morgan fingerprint density at radius 1 is 1.00 bits per heavy atom. The third-order valence-electron chi connectivity index (χ3n) is 3.72. The summed E-state index contributed by atoms with van der Waals surface area (Å²) in [4.78, 5) is 0. The molecule has 0 saturated carbocycles. The van der Waals surface area contributed by atoms with Crippen LogP contribution in [0.3, 0.4) is 0 Å². The van der Waals surface area contributed by atoms with Crippen molar-refractivity contribution in [1.29, 1.82) is 0 Å². The van der Waals surface area contributed by atoms with E-state index >= 15 is 0 Å². The molecule has 0 amide bonds. The zero-order chi connectivity index (χ0) is 14.7. The Balaban J connectivity index is 1.76. The molecule has 0 aliphatic rings. The Hall–Kier alpha value is -1.84. The highest BCUT2D eigenvalue weighted by atomic mass is 32.1. The second-order valence-corrected chi connectivity index (χ2v) is 6.15. The third-order valence-corrected chi connectivity index (χ3v) is 4.73. The van der Waals surface area contributed by atoms with Crippen molar-refractivity contribution < 1.29 is 4.74 Å². The molecular weight excluding hydrogens is 278 g/mol. The fourth-order valence-corrected chi connectivity index (χ4v) is 3.68. The second kappa shape index (κ2) is 6.29. The highest BCUT2D eigenvalue weighted by Crippen LogP contribution is 2.27. The lowest BCUT2D eigenvalue weighted by Crippen LogP contribution is -2.25. The lowest BCUT2D eigenvalue weighted by Gasteiger charge is -2.14.